The SMILES string of the molecule is CCC(CCO[PH+]=O)c1ccc(C(=O)Nc2cc(-c3cccs3)ccc2N)cc1. The Labute approximate surface area is 176 Å². The molecule has 0 spiro atoms. The van der Waals surface area contributed by atoms with E-state index in [4.69, 9.17) is 10.3 Å². The summed E-state index contributed by atoms with van der Waals surface area (Å²) in [6.45, 7) is 2.57. The van der Waals surface area contributed by atoms with Crippen LogP contribution >= 0.6 is 20.0 Å². The van der Waals surface area contributed by atoms with Crippen LogP contribution in [0.5, 0.6) is 0 Å². The van der Waals surface area contributed by atoms with Crippen molar-refractivity contribution < 1.29 is 13.9 Å². The second kappa shape index (κ2) is 10.3. The molecule has 2 aromatic carbocycles. The highest BCUT2D eigenvalue weighted by Gasteiger charge is 2.13. The summed E-state index contributed by atoms with van der Waals surface area (Å²) in [7, 11) is -0.725. The molecule has 1 heterocycles. The molecule has 150 valence electrons. The Morgan fingerprint density at radius 1 is 1.21 bits per heavy atom. The van der Waals surface area contributed by atoms with Gasteiger partial charge in [0.2, 0.25) is 0 Å². The third kappa shape index (κ3) is 5.51. The number of nitrogens with two attached hydrogens (primary N) is 1. The fourth-order valence-corrected chi connectivity index (χ4v) is 4.14. The van der Waals surface area contributed by atoms with Crippen molar-refractivity contribution in [3.05, 3.63) is 71.1 Å². The van der Waals surface area contributed by atoms with Gasteiger partial charge in [0.1, 0.15) is 6.61 Å². The van der Waals surface area contributed by atoms with Gasteiger partial charge in [0, 0.05) is 10.4 Å². The number of nitrogen functional groups attached to an aromatic ring is 1. The molecule has 0 bridgehead atoms. The summed E-state index contributed by atoms with van der Waals surface area (Å²) >= 11 is 1.64. The second-order valence-electron chi connectivity index (χ2n) is 6.68. The number of benzene rings is 2. The van der Waals surface area contributed by atoms with Crippen LogP contribution in [0.4, 0.5) is 11.4 Å². The molecule has 7 heteroatoms. The lowest BCUT2D eigenvalue weighted by molar-refractivity contribution is 0.102. The van der Waals surface area contributed by atoms with E-state index in [2.05, 4.69) is 12.2 Å². The summed E-state index contributed by atoms with van der Waals surface area (Å²) in [5, 5.41) is 4.94. The maximum Gasteiger partial charge on any atom is 0.494 e. The van der Waals surface area contributed by atoms with Crippen LogP contribution in [-0.4, -0.2) is 12.5 Å². The first-order chi connectivity index (χ1) is 14.1. The predicted octanol–water partition coefficient (Wildman–Crippen LogP) is 6.09. The van der Waals surface area contributed by atoms with Crippen LogP contribution in [0.2, 0.25) is 0 Å². The molecule has 2 atom stereocenters. The molecule has 0 aliphatic carbocycles. The van der Waals surface area contributed by atoms with Gasteiger partial charge in [-0.2, -0.15) is 0 Å². The molecule has 3 rings (SSSR count). The van der Waals surface area contributed by atoms with Gasteiger partial charge in [0.25, 0.3) is 5.91 Å². The Bertz CT molecular complexity index is 959. The first-order valence-corrected chi connectivity index (χ1v) is 11.2. The van der Waals surface area contributed by atoms with E-state index in [9.17, 15) is 9.36 Å². The number of amides is 1. The first-order valence-electron chi connectivity index (χ1n) is 9.46. The fraction of sp³-hybridized carbons (Fsp3) is 0.227. The number of anilines is 2. The third-order valence-corrected chi connectivity index (χ3v) is 6.11. The highest BCUT2D eigenvalue weighted by Crippen LogP contribution is 2.30. The van der Waals surface area contributed by atoms with Gasteiger partial charge in [-0.15, -0.1) is 15.9 Å². The molecule has 29 heavy (non-hydrogen) atoms. The predicted molar refractivity (Wildman–Crippen MR) is 121 cm³/mol. The van der Waals surface area contributed by atoms with Crippen molar-refractivity contribution in [2.45, 2.75) is 25.7 Å². The molecule has 0 saturated carbocycles. The standard InChI is InChI=1S/C22H23N2O3PS/c1-2-15(11-12-27-28-26)16-5-7-17(8-6-16)22(25)24-20-14-18(9-10-19(20)23)21-4-3-13-29-21/h3-10,13-15,28H,2,11-12,23H2,1H3/p+1. The second-order valence-corrected chi connectivity index (χ2v) is 8.08. The van der Waals surface area contributed by atoms with Crippen LogP contribution < -0.4 is 11.1 Å². The van der Waals surface area contributed by atoms with Gasteiger partial charge in [-0.25, -0.2) is 0 Å². The van der Waals surface area contributed by atoms with Crippen molar-refractivity contribution in [3.8, 4) is 10.4 Å². The van der Waals surface area contributed by atoms with E-state index in [1.54, 1.807) is 11.3 Å². The van der Waals surface area contributed by atoms with E-state index < -0.39 is 8.69 Å². The molecular formula is C22H24N2O3PS+. The molecule has 5 nitrogen and oxygen atoms in total. The normalized spacial score (nSPS) is 12.0. The van der Waals surface area contributed by atoms with Crippen LogP contribution in [0.15, 0.2) is 60.0 Å². The van der Waals surface area contributed by atoms with Crippen molar-refractivity contribution in [1.29, 1.82) is 0 Å². The number of carbonyl (C=O) groups is 1. The van der Waals surface area contributed by atoms with Crippen LogP contribution in [0, 0.1) is 0 Å². The number of hydrogen-bond donors (Lipinski definition) is 2. The van der Waals surface area contributed by atoms with Crippen LogP contribution in [0.3, 0.4) is 0 Å². The molecule has 0 fully saturated rings. The summed E-state index contributed by atoms with van der Waals surface area (Å²) in [4.78, 5) is 13.8. The molecule has 1 aromatic heterocycles. The van der Waals surface area contributed by atoms with E-state index in [1.807, 2.05) is 60.0 Å². The summed E-state index contributed by atoms with van der Waals surface area (Å²) in [6, 6.07) is 17.3. The maximum absolute atomic E-state index is 12.7. The van der Waals surface area contributed by atoms with E-state index in [0.29, 0.717) is 29.5 Å². The van der Waals surface area contributed by atoms with Crippen LogP contribution in [-0.2, 0) is 9.09 Å². The van der Waals surface area contributed by atoms with Gasteiger partial charge in [-0.05, 0) is 70.2 Å². The van der Waals surface area contributed by atoms with E-state index in [-0.39, 0.29) is 5.91 Å². The molecule has 0 aliphatic heterocycles. The molecule has 2 unspecified atom stereocenters. The molecule has 0 aliphatic rings. The first kappa shape index (κ1) is 21.2. The zero-order chi connectivity index (χ0) is 20.6. The van der Waals surface area contributed by atoms with Gasteiger partial charge in [0.15, 0.2) is 0 Å². The molecule has 0 radical (unpaired) electrons. The Hall–Kier alpha value is -2.53. The molecule has 1 amide bonds. The van der Waals surface area contributed by atoms with Gasteiger partial charge >= 0.3 is 8.69 Å². The van der Waals surface area contributed by atoms with Crippen molar-refractivity contribution in [3.63, 3.8) is 0 Å². The number of nitrogens with one attached hydrogen (secondary N) is 1. The largest absolute Gasteiger partial charge is 0.494 e. The quantitative estimate of drug-likeness (QED) is 0.246. The van der Waals surface area contributed by atoms with E-state index in [1.165, 1.54) is 0 Å². The smallest absolute Gasteiger partial charge is 0.397 e. The molecular weight excluding hydrogens is 403 g/mol. The third-order valence-electron chi connectivity index (χ3n) is 4.87. The van der Waals surface area contributed by atoms with Crippen LogP contribution in [0.1, 0.15) is 41.6 Å². The van der Waals surface area contributed by atoms with Gasteiger partial charge in [0.05, 0.1) is 11.4 Å². The molecule has 3 aromatic rings. The Morgan fingerprint density at radius 2 is 2.00 bits per heavy atom. The van der Waals surface area contributed by atoms with Crippen LogP contribution in [0.25, 0.3) is 10.4 Å². The Balaban J connectivity index is 1.71. The monoisotopic (exact) mass is 427 g/mol. The molecule has 3 N–H and O–H groups in total. The summed E-state index contributed by atoms with van der Waals surface area (Å²) in [5.74, 6) is 0.108. The zero-order valence-electron chi connectivity index (χ0n) is 16.2. The Morgan fingerprint density at radius 3 is 2.66 bits per heavy atom. The number of rotatable bonds is 9. The number of hydrogen-bond acceptors (Lipinski definition) is 5. The lowest BCUT2D eigenvalue weighted by Crippen LogP contribution is -2.13. The fourth-order valence-electron chi connectivity index (χ4n) is 3.21. The Kier molecular flexibility index (Phi) is 7.53. The van der Waals surface area contributed by atoms with Gasteiger partial charge in [-0.1, -0.05) is 31.2 Å². The maximum atomic E-state index is 12.7. The minimum absolute atomic E-state index is 0.199. The minimum atomic E-state index is -0.725. The summed E-state index contributed by atoms with van der Waals surface area (Å²) < 4.78 is 15.4. The average Bonchev–Trinajstić information content (AvgIpc) is 3.28. The highest BCUT2D eigenvalue weighted by atomic mass is 32.1. The number of carbonyl (C=O) groups excluding carboxylic acids is 1. The van der Waals surface area contributed by atoms with E-state index in [0.717, 1.165) is 28.8 Å². The lowest BCUT2D eigenvalue weighted by atomic mass is 9.93. The van der Waals surface area contributed by atoms with Crippen molar-refractivity contribution >= 4 is 37.3 Å². The average molecular weight is 427 g/mol. The van der Waals surface area contributed by atoms with Gasteiger partial charge in [-0.3, -0.25) is 4.79 Å². The van der Waals surface area contributed by atoms with E-state index >= 15 is 0 Å². The van der Waals surface area contributed by atoms with Crippen molar-refractivity contribution in [1.82, 2.24) is 0 Å². The van der Waals surface area contributed by atoms with Gasteiger partial charge < -0.3 is 11.1 Å². The van der Waals surface area contributed by atoms with Crippen molar-refractivity contribution in [2.75, 3.05) is 17.7 Å². The number of thiophene rings is 1. The summed E-state index contributed by atoms with van der Waals surface area (Å²) in [5.41, 5.74) is 9.93. The summed E-state index contributed by atoms with van der Waals surface area (Å²) in [6.07, 6.45) is 1.74. The highest BCUT2D eigenvalue weighted by molar-refractivity contribution is 7.17. The molecule has 0 saturated heterocycles. The topological polar surface area (TPSA) is 81.4 Å². The minimum Gasteiger partial charge on any atom is -0.397 e. The lowest BCUT2D eigenvalue weighted by Gasteiger charge is -2.14. The van der Waals surface area contributed by atoms with Crippen molar-refractivity contribution in [2.24, 2.45) is 0 Å². The zero-order valence-corrected chi connectivity index (χ0v) is 18.0.